The summed E-state index contributed by atoms with van der Waals surface area (Å²) in [4.78, 5) is 24.0. The van der Waals surface area contributed by atoms with Crippen LogP contribution >= 0.6 is 0 Å². The zero-order valence-corrected chi connectivity index (χ0v) is 19.8. The molecule has 0 unspecified atom stereocenters. The first kappa shape index (κ1) is 24.2. The van der Waals surface area contributed by atoms with Crippen molar-refractivity contribution in [3.05, 3.63) is 78.3 Å². The maximum atomic E-state index is 13.6. The maximum Gasteiger partial charge on any atom is 0.314 e. The molecule has 3 aromatic rings. The van der Waals surface area contributed by atoms with Crippen LogP contribution in [-0.4, -0.2) is 21.9 Å². The Morgan fingerprint density at radius 1 is 1.03 bits per heavy atom. The van der Waals surface area contributed by atoms with Gasteiger partial charge in [0.1, 0.15) is 17.8 Å². The van der Waals surface area contributed by atoms with Gasteiger partial charge < -0.3 is 9.30 Å². The minimum absolute atomic E-state index is 0.182. The SMILES string of the molecule is CC(C)n1c(/C=C/C=C/C(=O)CC(=O)OC(C)(C)C)c(-c2ccc(F)cc2)c2ccccc21. The van der Waals surface area contributed by atoms with Crippen LogP contribution in [0.15, 0.2) is 66.8 Å². The molecule has 5 heteroatoms. The summed E-state index contributed by atoms with van der Waals surface area (Å²) in [5, 5.41) is 1.07. The number of aromatic nitrogens is 1. The van der Waals surface area contributed by atoms with E-state index in [1.807, 2.05) is 18.2 Å². The third-order valence-corrected chi connectivity index (χ3v) is 4.98. The van der Waals surface area contributed by atoms with Crippen molar-refractivity contribution >= 4 is 28.7 Å². The zero-order chi connectivity index (χ0) is 24.2. The van der Waals surface area contributed by atoms with Crippen LogP contribution in [0.4, 0.5) is 4.39 Å². The Morgan fingerprint density at radius 2 is 1.70 bits per heavy atom. The van der Waals surface area contributed by atoms with Gasteiger partial charge in [-0.3, -0.25) is 9.59 Å². The lowest BCUT2D eigenvalue weighted by Crippen LogP contribution is -2.24. The Morgan fingerprint density at radius 3 is 2.33 bits per heavy atom. The van der Waals surface area contributed by atoms with Crippen molar-refractivity contribution in [2.24, 2.45) is 0 Å². The molecule has 0 bridgehead atoms. The average Bonchev–Trinajstić information content (AvgIpc) is 3.04. The number of para-hydroxylation sites is 1. The van der Waals surface area contributed by atoms with Gasteiger partial charge in [-0.2, -0.15) is 0 Å². The van der Waals surface area contributed by atoms with Crippen molar-refractivity contribution in [2.45, 2.75) is 52.7 Å². The van der Waals surface area contributed by atoms with Crippen LogP contribution in [0, 0.1) is 5.82 Å². The van der Waals surface area contributed by atoms with Crippen LogP contribution in [-0.2, 0) is 14.3 Å². The van der Waals surface area contributed by atoms with Crippen molar-refractivity contribution in [3.8, 4) is 11.1 Å². The molecule has 3 rings (SSSR count). The summed E-state index contributed by atoms with van der Waals surface area (Å²) in [6.45, 7) is 9.51. The Balaban J connectivity index is 1.94. The molecule has 0 N–H and O–H groups in total. The van der Waals surface area contributed by atoms with E-state index < -0.39 is 11.6 Å². The standard InChI is InChI=1S/C28H30FNO3/c1-19(2)30-24-12-9-7-11-23(24)27(20-14-16-21(29)17-15-20)25(30)13-8-6-10-22(31)18-26(32)33-28(3,4)5/h6-17,19H,18H2,1-5H3/b10-6+,13-8+. The number of carbonyl (C=O) groups excluding carboxylic acids is 2. The monoisotopic (exact) mass is 447 g/mol. The largest absolute Gasteiger partial charge is 0.460 e. The van der Waals surface area contributed by atoms with Crippen LogP contribution in [0.2, 0.25) is 0 Å². The third-order valence-electron chi connectivity index (χ3n) is 4.98. The van der Waals surface area contributed by atoms with Crippen LogP contribution in [0.25, 0.3) is 28.1 Å². The van der Waals surface area contributed by atoms with E-state index in [0.717, 1.165) is 27.7 Å². The molecule has 0 aliphatic rings. The maximum absolute atomic E-state index is 13.6. The highest BCUT2D eigenvalue weighted by Gasteiger charge is 2.19. The second kappa shape index (κ2) is 9.99. The van der Waals surface area contributed by atoms with E-state index in [1.165, 1.54) is 18.2 Å². The van der Waals surface area contributed by atoms with Gasteiger partial charge in [-0.05, 0) is 70.5 Å². The third kappa shape index (κ3) is 6.07. The van der Waals surface area contributed by atoms with Gasteiger partial charge in [-0.25, -0.2) is 4.39 Å². The molecule has 0 fully saturated rings. The molecule has 1 aromatic heterocycles. The lowest BCUT2D eigenvalue weighted by molar-refractivity contribution is -0.155. The highest BCUT2D eigenvalue weighted by atomic mass is 19.1. The van der Waals surface area contributed by atoms with Crippen molar-refractivity contribution in [2.75, 3.05) is 0 Å². The van der Waals surface area contributed by atoms with Gasteiger partial charge in [0.05, 0.1) is 0 Å². The van der Waals surface area contributed by atoms with Crippen molar-refractivity contribution in [1.29, 1.82) is 0 Å². The molecule has 33 heavy (non-hydrogen) atoms. The number of hydrogen-bond donors (Lipinski definition) is 0. The molecule has 0 aliphatic heterocycles. The van der Waals surface area contributed by atoms with Crippen LogP contribution < -0.4 is 0 Å². The first-order chi connectivity index (χ1) is 15.6. The number of fused-ring (bicyclic) bond motifs is 1. The van der Waals surface area contributed by atoms with E-state index in [-0.39, 0.29) is 24.1 Å². The van der Waals surface area contributed by atoms with E-state index in [9.17, 15) is 14.0 Å². The summed E-state index contributed by atoms with van der Waals surface area (Å²) in [5.41, 5.74) is 3.33. The van der Waals surface area contributed by atoms with E-state index in [0.29, 0.717) is 0 Å². The molecule has 1 heterocycles. The molecular weight excluding hydrogens is 417 g/mol. The molecule has 0 saturated heterocycles. The summed E-state index contributed by atoms with van der Waals surface area (Å²) in [6.07, 6.45) is 6.43. The fourth-order valence-corrected chi connectivity index (χ4v) is 3.81. The Hall–Kier alpha value is -3.47. The number of hydrogen-bond acceptors (Lipinski definition) is 3. The summed E-state index contributed by atoms with van der Waals surface area (Å²) >= 11 is 0. The fourth-order valence-electron chi connectivity index (χ4n) is 3.81. The molecular formula is C28H30FNO3. The van der Waals surface area contributed by atoms with Gasteiger partial charge in [0, 0.05) is 28.2 Å². The van der Waals surface area contributed by atoms with Crippen molar-refractivity contribution < 1.29 is 18.7 Å². The lowest BCUT2D eigenvalue weighted by Gasteiger charge is -2.18. The Labute approximate surface area is 194 Å². The summed E-state index contributed by atoms with van der Waals surface area (Å²) < 4.78 is 21.0. The number of carbonyl (C=O) groups is 2. The number of ketones is 1. The minimum Gasteiger partial charge on any atom is -0.460 e. The van der Waals surface area contributed by atoms with E-state index >= 15 is 0 Å². The van der Waals surface area contributed by atoms with Gasteiger partial charge in [-0.1, -0.05) is 42.5 Å². The van der Waals surface area contributed by atoms with Gasteiger partial charge in [0.15, 0.2) is 5.78 Å². The number of nitrogens with zero attached hydrogens (tertiary/aromatic N) is 1. The first-order valence-electron chi connectivity index (χ1n) is 11.0. The number of allylic oxidation sites excluding steroid dienone is 3. The summed E-state index contributed by atoms with van der Waals surface area (Å²) in [6, 6.07) is 14.8. The Kier molecular flexibility index (Phi) is 7.32. The van der Waals surface area contributed by atoms with Crippen molar-refractivity contribution in [3.63, 3.8) is 0 Å². The molecule has 0 radical (unpaired) electrons. The van der Waals surface area contributed by atoms with E-state index in [1.54, 1.807) is 45.1 Å². The minimum atomic E-state index is -0.623. The normalized spacial score (nSPS) is 12.3. The summed E-state index contributed by atoms with van der Waals surface area (Å²) in [7, 11) is 0. The summed E-state index contributed by atoms with van der Waals surface area (Å²) in [5.74, 6) is -1.15. The average molecular weight is 448 g/mol. The van der Waals surface area contributed by atoms with Gasteiger partial charge >= 0.3 is 5.97 Å². The number of halogens is 1. The second-order valence-electron chi connectivity index (χ2n) is 9.20. The highest BCUT2D eigenvalue weighted by molar-refractivity contribution is 6.03. The molecule has 0 amide bonds. The van der Waals surface area contributed by atoms with Crippen LogP contribution in [0.3, 0.4) is 0 Å². The van der Waals surface area contributed by atoms with Crippen molar-refractivity contribution in [1.82, 2.24) is 4.57 Å². The van der Waals surface area contributed by atoms with E-state index in [4.69, 9.17) is 4.74 Å². The van der Waals surface area contributed by atoms with E-state index in [2.05, 4.69) is 30.5 Å². The topological polar surface area (TPSA) is 48.3 Å². The Bertz CT molecular complexity index is 1210. The zero-order valence-electron chi connectivity index (χ0n) is 19.8. The second-order valence-corrected chi connectivity index (χ2v) is 9.20. The van der Waals surface area contributed by atoms with Gasteiger partial charge in [0.2, 0.25) is 0 Å². The highest BCUT2D eigenvalue weighted by Crippen LogP contribution is 2.37. The van der Waals surface area contributed by atoms with Crippen LogP contribution in [0.1, 0.15) is 52.8 Å². The van der Waals surface area contributed by atoms with Gasteiger partial charge in [-0.15, -0.1) is 0 Å². The molecule has 4 nitrogen and oxygen atoms in total. The smallest absolute Gasteiger partial charge is 0.314 e. The molecule has 0 saturated carbocycles. The number of esters is 1. The molecule has 0 atom stereocenters. The molecule has 172 valence electrons. The predicted molar refractivity (Wildman–Crippen MR) is 131 cm³/mol. The predicted octanol–water partition coefficient (Wildman–Crippen LogP) is 6.90. The number of ether oxygens (including phenoxy) is 1. The number of benzene rings is 2. The number of rotatable bonds is 7. The fraction of sp³-hybridized carbons (Fsp3) is 0.286. The molecule has 2 aromatic carbocycles. The van der Waals surface area contributed by atoms with Crippen LogP contribution in [0.5, 0.6) is 0 Å². The lowest BCUT2D eigenvalue weighted by atomic mass is 10.0. The quantitative estimate of drug-likeness (QED) is 0.171. The molecule has 0 spiro atoms. The molecule has 0 aliphatic carbocycles. The van der Waals surface area contributed by atoms with Gasteiger partial charge in [0.25, 0.3) is 0 Å². The first-order valence-corrected chi connectivity index (χ1v) is 11.0.